The summed E-state index contributed by atoms with van der Waals surface area (Å²) in [4.78, 5) is 10.8. The molecule has 1 aliphatic carbocycles. The third kappa shape index (κ3) is 3.06. The van der Waals surface area contributed by atoms with Crippen molar-refractivity contribution >= 4 is 23.4 Å². The van der Waals surface area contributed by atoms with Crippen molar-refractivity contribution in [1.29, 1.82) is 0 Å². The first-order valence-electron chi connectivity index (χ1n) is 5.55. The van der Waals surface area contributed by atoms with Crippen molar-refractivity contribution in [3.8, 4) is 0 Å². The summed E-state index contributed by atoms with van der Waals surface area (Å²) < 4.78 is 0. The summed E-state index contributed by atoms with van der Waals surface area (Å²) in [5.74, 6) is -0.111. The number of hydrogen-bond donors (Lipinski definition) is 2. The molecule has 0 saturated heterocycles. The van der Waals surface area contributed by atoms with Gasteiger partial charge < -0.3 is 10.4 Å². The van der Waals surface area contributed by atoms with E-state index in [4.69, 9.17) is 16.7 Å². The van der Waals surface area contributed by atoms with Crippen molar-refractivity contribution in [1.82, 2.24) is 10.2 Å². The second-order valence-electron chi connectivity index (χ2n) is 4.52. The Labute approximate surface area is 104 Å². The molecule has 0 amide bonds. The smallest absolute Gasteiger partial charge is 0.303 e. The van der Waals surface area contributed by atoms with Crippen LogP contribution < -0.4 is 5.32 Å². The number of nitrogens with one attached hydrogen (secondary N) is 1. The number of rotatable bonds is 5. The lowest BCUT2D eigenvalue weighted by atomic mass is 9.66. The molecule has 0 bridgehead atoms. The highest BCUT2D eigenvalue weighted by Gasteiger charge is 2.38. The van der Waals surface area contributed by atoms with Crippen LogP contribution in [-0.4, -0.2) is 27.8 Å². The summed E-state index contributed by atoms with van der Waals surface area (Å²) in [5.41, 5.74) is -0.118. The minimum absolute atomic E-state index is 0.118. The number of hydrogen-bond acceptors (Lipinski definition) is 4. The molecule has 1 saturated carbocycles. The van der Waals surface area contributed by atoms with E-state index in [0.29, 0.717) is 17.5 Å². The van der Waals surface area contributed by atoms with E-state index in [1.54, 1.807) is 12.1 Å². The Hall–Kier alpha value is -1.36. The van der Waals surface area contributed by atoms with Gasteiger partial charge in [0.05, 0.1) is 6.42 Å². The molecule has 0 spiro atoms. The van der Waals surface area contributed by atoms with Gasteiger partial charge in [-0.05, 0) is 30.4 Å². The van der Waals surface area contributed by atoms with Crippen LogP contribution in [0.3, 0.4) is 0 Å². The molecule has 5 nitrogen and oxygen atoms in total. The van der Waals surface area contributed by atoms with Crippen LogP contribution in [0, 0.1) is 5.41 Å². The first-order chi connectivity index (χ1) is 8.10. The number of anilines is 1. The van der Waals surface area contributed by atoms with Crippen LogP contribution in [0.4, 0.5) is 5.82 Å². The summed E-state index contributed by atoms with van der Waals surface area (Å²) in [6.45, 7) is 0.621. The lowest BCUT2D eigenvalue weighted by Crippen LogP contribution is -2.38. The zero-order valence-electron chi connectivity index (χ0n) is 9.32. The van der Waals surface area contributed by atoms with Crippen LogP contribution in [-0.2, 0) is 4.79 Å². The highest BCUT2D eigenvalue weighted by Crippen LogP contribution is 2.43. The van der Waals surface area contributed by atoms with E-state index in [9.17, 15) is 4.79 Å². The predicted molar refractivity (Wildman–Crippen MR) is 64.1 cm³/mol. The largest absolute Gasteiger partial charge is 0.481 e. The number of carbonyl (C=O) groups is 1. The Kier molecular flexibility index (Phi) is 3.47. The summed E-state index contributed by atoms with van der Waals surface area (Å²) in [6.07, 6.45) is 3.21. The van der Waals surface area contributed by atoms with Crippen LogP contribution in [0.25, 0.3) is 0 Å². The fourth-order valence-electron chi connectivity index (χ4n) is 2.10. The lowest BCUT2D eigenvalue weighted by molar-refractivity contribution is -0.141. The van der Waals surface area contributed by atoms with Gasteiger partial charge in [0.25, 0.3) is 0 Å². The van der Waals surface area contributed by atoms with Crippen molar-refractivity contribution in [2.24, 2.45) is 5.41 Å². The molecule has 2 rings (SSSR count). The van der Waals surface area contributed by atoms with E-state index in [0.717, 1.165) is 19.3 Å². The average molecular weight is 256 g/mol. The maximum Gasteiger partial charge on any atom is 0.303 e. The van der Waals surface area contributed by atoms with E-state index < -0.39 is 5.97 Å². The quantitative estimate of drug-likeness (QED) is 0.844. The molecule has 0 atom stereocenters. The predicted octanol–water partition coefficient (Wildman–Crippen LogP) is 2.19. The Morgan fingerprint density at radius 1 is 1.47 bits per heavy atom. The van der Waals surface area contributed by atoms with Crippen LogP contribution in [0.1, 0.15) is 25.7 Å². The van der Waals surface area contributed by atoms with Gasteiger partial charge in [-0.1, -0.05) is 18.0 Å². The van der Waals surface area contributed by atoms with E-state index in [-0.39, 0.29) is 11.8 Å². The summed E-state index contributed by atoms with van der Waals surface area (Å²) in [7, 11) is 0. The fraction of sp³-hybridized carbons (Fsp3) is 0.545. The number of halogens is 1. The Morgan fingerprint density at radius 3 is 2.71 bits per heavy atom. The molecule has 1 aromatic rings. The van der Waals surface area contributed by atoms with Gasteiger partial charge in [-0.3, -0.25) is 4.79 Å². The van der Waals surface area contributed by atoms with Crippen LogP contribution in [0.5, 0.6) is 0 Å². The molecule has 0 aliphatic heterocycles. The van der Waals surface area contributed by atoms with Crippen molar-refractivity contribution in [3.05, 3.63) is 17.3 Å². The molecule has 1 aliphatic rings. The molecular formula is C11H14ClN3O2. The Bertz CT molecular complexity index is 404. The maximum absolute atomic E-state index is 10.8. The molecule has 0 aromatic carbocycles. The van der Waals surface area contributed by atoms with Crippen molar-refractivity contribution in [3.63, 3.8) is 0 Å². The summed E-state index contributed by atoms with van der Waals surface area (Å²) in [6, 6.07) is 3.39. The van der Waals surface area contributed by atoms with Gasteiger partial charge in [0.1, 0.15) is 5.82 Å². The molecular weight excluding hydrogens is 242 g/mol. The van der Waals surface area contributed by atoms with Crippen LogP contribution in [0.15, 0.2) is 12.1 Å². The fourth-order valence-corrected chi connectivity index (χ4v) is 2.20. The number of nitrogens with zero attached hydrogens (tertiary/aromatic N) is 2. The molecule has 92 valence electrons. The minimum atomic E-state index is -0.742. The normalized spacial score (nSPS) is 17.2. The molecule has 2 N–H and O–H groups in total. The Balaban J connectivity index is 1.92. The first kappa shape index (κ1) is 12.1. The third-order valence-electron chi connectivity index (χ3n) is 3.22. The molecule has 1 heterocycles. The van der Waals surface area contributed by atoms with Gasteiger partial charge in [-0.25, -0.2) is 0 Å². The van der Waals surface area contributed by atoms with Gasteiger partial charge in [-0.2, -0.15) is 0 Å². The van der Waals surface area contributed by atoms with E-state index >= 15 is 0 Å². The van der Waals surface area contributed by atoms with Crippen molar-refractivity contribution < 1.29 is 9.90 Å². The summed E-state index contributed by atoms with van der Waals surface area (Å²) >= 11 is 5.63. The topological polar surface area (TPSA) is 75.1 Å². The molecule has 1 aromatic heterocycles. The number of carboxylic acids is 1. The Morgan fingerprint density at radius 2 is 2.24 bits per heavy atom. The zero-order chi connectivity index (χ0) is 12.3. The van der Waals surface area contributed by atoms with Gasteiger partial charge in [0.2, 0.25) is 0 Å². The molecule has 6 heteroatoms. The number of aliphatic carboxylic acids is 1. The number of carboxylic acid groups (broad SMARTS) is 1. The minimum Gasteiger partial charge on any atom is -0.481 e. The third-order valence-corrected chi connectivity index (χ3v) is 3.42. The van der Waals surface area contributed by atoms with E-state index in [1.807, 2.05) is 0 Å². The molecule has 1 fully saturated rings. The van der Waals surface area contributed by atoms with Crippen molar-refractivity contribution in [2.75, 3.05) is 11.9 Å². The lowest BCUT2D eigenvalue weighted by Gasteiger charge is -2.40. The monoisotopic (exact) mass is 255 g/mol. The highest BCUT2D eigenvalue weighted by molar-refractivity contribution is 6.29. The molecule has 17 heavy (non-hydrogen) atoms. The van der Waals surface area contributed by atoms with Crippen molar-refractivity contribution in [2.45, 2.75) is 25.7 Å². The number of aromatic nitrogens is 2. The second-order valence-corrected chi connectivity index (χ2v) is 4.91. The summed E-state index contributed by atoms with van der Waals surface area (Å²) in [5, 5.41) is 19.9. The van der Waals surface area contributed by atoms with Gasteiger partial charge >= 0.3 is 5.97 Å². The standard InChI is InChI=1S/C11H14ClN3O2/c12-8-2-3-9(15-14-8)13-7-11(4-1-5-11)6-10(16)17/h2-3H,1,4-7H2,(H,13,15)(H,16,17). The SMILES string of the molecule is O=C(O)CC1(CNc2ccc(Cl)nn2)CCC1. The highest BCUT2D eigenvalue weighted by atomic mass is 35.5. The van der Waals surface area contributed by atoms with Crippen LogP contribution in [0.2, 0.25) is 5.15 Å². The van der Waals surface area contributed by atoms with E-state index in [1.165, 1.54) is 0 Å². The maximum atomic E-state index is 10.8. The van der Waals surface area contributed by atoms with E-state index in [2.05, 4.69) is 15.5 Å². The first-order valence-corrected chi connectivity index (χ1v) is 5.92. The van der Waals surface area contributed by atoms with Crippen LogP contribution >= 0.6 is 11.6 Å². The second kappa shape index (κ2) is 4.87. The van der Waals surface area contributed by atoms with Gasteiger partial charge in [0.15, 0.2) is 5.15 Å². The molecule has 0 radical (unpaired) electrons. The van der Waals surface area contributed by atoms with Gasteiger partial charge in [-0.15, -0.1) is 10.2 Å². The zero-order valence-corrected chi connectivity index (χ0v) is 10.1. The molecule has 0 unspecified atom stereocenters. The van der Waals surface area contributed by atoms with Gasteiger partial charge in [0, 0.05) is 6.54 Å². The average Bonchev–Trinajstić information content (AvgIpc) is 2.23.